The standard InChI is InChI=1S/C55H37.Tl/c1-3-43-36(2)52(45-22-10-9-21-44(45)42-34-29-37-17-7-8-20-41(37)35-42)46-23-11-12-24-47(46)53(43)39-30-32-40(33-31-39)55-50-27-15-13-25-48(50)54(38-18-5-4-6-19-38)49-26-14-16-28-51(49)55;/h1,3-35H,2H3;. The van der Waals surface area contributed by atoms with Crippen molar-refractivity contribution in [1.29, 1.82) is 0 Å². The molecule has 0 saturated heterocycles. The van der Waals surface area contributed by atoms with Gasteiger partial charge in [-0.15, -0.1) is 0 Å². The predicted octanol–water partition coefficient (Wildman–Crippen LogP) is 15.1. The van der Waals surface area contributed by atoms with Crippen LogP contribution in [-0.2, 0) is 0 Å². The van der Waals surface area contributed by atoms with Crippen LogP contribution in [0.1, 0.15) is 11.1 Å². The molecule has 10 aromatic rings. The molecule has 0 aliphatic rings. The van der Waals surface area contributed by atoms with E-state index in [0.29, 0.717) is 0 Å². The van der Waals surface area contributed by atoms with Crippen molar-refractivity contribution in [1.82, 2.24) is 0 Å². The zero-order valence-corrected chi connectivity index (χ0v) is 35.7. The molecular formula is C55H37Tl. The predicted molar refractivity (Wildman–Crippen MR) is 243 cm³/mol. The minimum absolute atomic E-state index is 0.745. The topological polar surface area (TPSA) is 0 Å². The Kier molecular flexibility index (Phi) is 8.92. The summed E-state index contributed by atoms with van der Waals surface area (Å²) < 4.78 is 2.35. The van der Waals surface area contributed by atoms with Gasteiger partial charge in [0, 0.05) is 0 Å². The second kappa shape index (κ2) is 14.5. The van der Waals surface area contributed by atoms with Gasteiger partial charge in [0.15, 0.2) is 0 Å². The zero-order chi connectivity index (χ0) is 37.6. The summed E-state index contributed by atoms with van der Waals surface area (Å²) in [6, 6.07) is 71.5. The van der Waals surface area contributed by atoms with Crippen LogP contribution < -0.4 is 0 Å². The molecule has 10 aromatic carbocycles. The van der Waals surface area contributed by atoms with Crippen LogP contribution in [0.25, 0.3) is 105 Å². The number of benzene rings is 10. The minimum atomic E-state index is 0.745. The van der Waals surface area contributed by atoms with Crippen molar-refractivity contribution in [2.24, 2.45) is 0 Å². The maximum absolute atomic E-state index is 2.38. The number of rotatable bonds is 6. The Hall–Kier alpha value is -6.10. The molecule has 0 amide bonds. The Morgan fingerprint density at radius 2 is 0.750 bits per heavy atom. The molecule has 0 spiro atoms. The fourth-order valence-electron chi connectivity index (χ4n) is 9.02. The third-order valence-electron chi connectivity index (χ3n) is 11.5. The first-order valence-corrected chi connectivity index (χ1v) is 21.9. The average molecular weight is 902 g/mol. The summed E-state index contributed by atoms with van der Waals surface area (Å²) in [7, 11) is 0. The van der Waals surface area contributed by atoms with Gasteiger partial charge in [0.25, 0.3) is 0 Å². The van der Waals surface area contributed by atoms with Gasteiger partial charge in [0.05, 0.1) is 0 Å². The van der Waals surface area contributed by atoms with E-state index in [-0.39, 0.29) is 0 Å². The molecule has 260 valence electrons. The van der Waals surface area contributed by atoms with Gasteiger partial charge in [-0.25, -0.2) is 0 Å². The van der Waals surface area contributed by atoms with Gasteiger partial charge in [-0.1, -0.05) is 48.5 Å². The molecule has 0 aliphatic carbocycles. The first kappa shape index (κ1) is 34.4. The van der Waals surface area contributed by atoms with Crippen LogP contribution >= 0.6 is 0 Å². The van der Waals surface area contributed by atoms with Crippen LogP contribution in [-0.4, -0.2) is 25.8 Å². The van der Waals surface area contributed by atoms with Gasteiger partial charge in [0.1, 0.15) is 0 Å². The Morgan fingerprint density at radius 1 is 0.339 bits per heavy atom. The van der Waals surface area contributed by atoms with Gasteiger partial charge in [0.2, 0.25) is 0 Å². The molecule has 0 radical (unpaired) electrons. The summed E-state index contributed by atoms with van der Waals surface area (Å²) in [6.45, 7) is 2.32. The Balaban J connectivity index is 1.17. The van der Waals surface area contributed by atoms with Gasteiger partial charge >= 0.3 is 292 Å². The molecule has 0 bridgehead atoms. The van der Waals surface area contributed by atoms with Gasteiger partial charge in [-0.3, -0.25) is 0 Å². The van der Waals surface area contributed by atoms with E-state index in [9.17, 15) is 0 Å². The van der Waals surface area contributed by atoms with E-state index in [1.807, 2.05) is 0 Å². The van der Waals surface area contributed by atoms with E-state index in [1.165, 1.54) is 110 Å². The Labute approximate surface area is 344 Å². The molecule has 0 aromatic heterocycles. The molecule has 0 atom stereocenters. The molecule has 0 fully saturated rings. The maximum atomic E-state index is 2.38. The molecule has 56 heavy (non-hydrogen) atoms. The van der Waals surface area contributed by atoms with E-state index in [0.717, 1.165) is 25.8 Å². The molecule has 10 rings (SSSR count). The van der Waals surface area contributed by atoms with Crippen molar-refractivity contribution in [3.63, 3.8) is 0 Å². The normalized spacial score (nSPS) is 11.6. The van der Waals surface area contributed by atoms with Crippen LogP contribution in [0.4, 0.5) is 0 Å². The molecule has 0 unspecified atom stereocenters. The first-order valence-electron chi connectivity index (χ1n) is 19.3. The van der Waals surface area contributed by atoms with Crippen LogP contribution in [0.3, 0.4) is 0 Å². The SMILES string of the molecule is Cc1c(/C=[CH]\[Tl])c(-c2ccc(-c3c4ccccc4c(-c4ccccc4)c4ccccc34)cc2)c2ccccc2c1-c1ccccc1-c1ccc2ccccc2c1. The summed E-state index contributed by atoms with van der Waals surface area (Å²) in [4.78, 5) is 0. The van der Waals surface area contributed by atoms with Crippen molar-refractivity contribution in [2.45, 2.75) is 6.92 Å². The molecule has 0 saturated carbocycles. The van der Waals surface area contributed by atoms with Crippen LogP contribution in [0.15, 0.2) is 198 Å². The Bertz CT molecular complexity index is 3080. The van der Waals surface area contributed by atoms with E-state index in [4.69, 9.17) is 0 Å². The monoisotopic (exact) mass is 902 g/mol. The summed E-state index contributed by atoms with van der Waals surface area (Å²) >= 11 is 0.745. The fraction of sp³-hybridized carbons (Fsp3) is 0.0182. The van der Waals surface area contributed by atoms with Crippen molar-refractivity contribution in [2.75, 3.05) is 0 Å². The van der Waals surface area contributed by atoms with E-state index in [2.05, 4.69) is 211 Å². The van der Waals surface area contributed by atoms with Crippen LogP contribution in [0, 0.1) is 6.92 Å². The molecule has 1 heteroatoms. The summed E-state index contributed by atoms with van der Waals surface area (Å²) in [6.07, 6.45) is 2.38. The van der Waals surface area contributed by atoms with Crippen LogP contribution in [0.2, 0.25) is 0 Å². The van der Waals surface area contributed by atoms with Gasteiger partial charge in [-0.05, 0) is 5.56 Å². The first-order chi connectivity index (χ1) is 27.7. The Morgan fingerprint density at radius 3 is 1.32 bits per heavy atom. The van der Waals surface area contributed by atoms with E-state index < -0.39 is 0 Å². The molecule has 0 N–H and O–H groups in total. The molecule has 0 heterocycles. The summed E-state index contributed by atoms with van der Waals surface area (Å²) in [5.41, 5.74) is 15.2. The zero-order valence-electron chi connectivity index (χ0n) is 31.2. The average Bonchev–Trinajstić information content (AvgIpc) is 3.26. The second-order valence-corrected chi connectivity index (χ2v) is 16.1. The van der Waals surface area contributed by atoms with Crippen molar-refractivity contribution in [3.05, 3.63) is 209 Å². The van der Waals surface area contributed by atoms with Gasteiger partial charge < -0.3 is 0 Å². The van der Waals surface area contributed by atoms with Gasteiger partial charge in [-0.2, -0.15) is 0 Å². The molecular weight excluding hydrogens is 865 g/mol. The quantitative estimate of drug-likeness (QED) is 0.115. The van der Waals surface area contributed by atoms with Crippen molar-refractivity contribution in [3.8, 4) is 55.6 Å². The number of fused-ring (bicyclic) bond motifs is 4. The molecule has 0 aliphatic heterocycles. The van der Waals surface area contributed by atoms with E-state index >= 15 is 0 Å². The third kappa shape index (κ3) is 5.79. The summed E-state index contributed by atoms with van der Waals surface area (Å²) in [5, 5.41) is 10.2. The third-order valence-corrected chi connectivity index (χ3v) is 12.2. The summed E-state index contributed by atoms with van der Waals surface area (Å²) in [5.74, 6) is 0. The number of hydrogen-bond donors (Lipinski definition) is 0. The fourth-order valence-corrected chi connectivity index (χ4v) is 9.77. The van der Waals surface area contributed by atoms with Crippen LogP contribution in [0.5, 0.6) is 0 Å². The second-order valence-electron chi connectivity index (χ2n) is 14.6. The van der Waals surface area contributed by atoms with Crippen molar-refractivity contribution < 1.29 is 0 Å². The van der Waals surface area contributed by atoms with Crippen molar-refractivity contribution >= 4 is 74.9 Å². The number of hydrogen-bond acceptors (Lipinski definition) is 0. The van der Waals surface area contributed by atoms with E-state index in [1.54, 1.807) is 0 Å². The molecule has 0 nitrogen and oxygen atoms in total.